The van der Waals surface area contributed by atoms with Gasteiger partial charge in [-0.2, -0.15) is 0 Å². The van der Waals surface area contributed by atoms with Gasteiger partial charge in [0.05, 0.1) is 6.20 Å². The monoisotopic (exact) mass is 200 g/mol. The number of carboxylic acids is 1. The molecule has 0 fully saturated rings. The van der Waals surface area contributed by atoms with Gasteiger partial charge in [-0.05, 0) is 6.92 Å². The second-order valence-corrected chi connectivity index (χ2v) is 2.41. The molecule has 0 aliphatic rings. The van der Waals surface area contributed by atoms with Crippen LogP contribution < -0.4 is 5.48 Å². The summed E-state index contributed by atoms with van der Waals surface area (Å²) in [6, 6.07) is 0. The van der Waals surface area contributed by atoms with E-state index in [0.29, 0.717) is 5.76 Å². The number of carboxylic acid groups (broad SMARTS) is 1. The maximum absolute atomic E-state index is 11.2. The van der Waals surface area contributed by atoms with Gasteiger partial charge in [-0.3, -0.25) is 9.63 Å². The van der Waals surface area contributed by atoms with Crippen molar-refractivity contribution in [3.8, 4) is 0 Å². The number of aliphatic carboxylic acids is 1. The van der Waals surface area contributed by atoms with Gasteiger partial charge >= 0.3 is 5.97 Å². The predicted octanol–water partition coefficient (Wildman–Crippen LogP) is -0.271. The zero-order valence-corrected chi connectivity index (χ0v) is 7.31. The van der Waals surface area contributed by atoms with Crippen LogP contribution in [0.15, 0.2) is 10.7 Å². The summed E-state index contributed by atoms with van der Waals surface area (Å²) in [6.45, 7) is 0.954. The Morgan fingerprint density at radius 1 is 1.71 bits per heavy atom. The van der Waals surface area contributed by atoms with Crippen molar-refractivity contribution in [2.75, 3.05) is 6.61 Å². The van der Waals surface area contributed by atoms with Crippen molar-refractivity contribution < 1.29 is 24.1 Å². The summed E-state index contributed by atoms with van der Waals surface area (Å²) in [6.07, 6.45) is 1.22. The molecule has 1 aromatic heterocycles. The van der Waals surface area contributed by atoms with E-state index in [1.807, 2.05) is 5.48 Å². The molecule has 76 valence electrons. The van der Waals surface area contributed by atoms with Crippen LogP contribution in [0.25, 0.3) is 0 Å². The van der Waals surface area contributed by atoms with Gasteiger partial charge in [-0.1, -0.05) is 5.16 Å². The normalized spacial score (nSPS) is 9.79. The number of hydroxylamine groups is 1. The van der Waals surface area contributed by atoms with Gasteiger partial charge in [0.25, 0.3) is 5.91 Å². The van der Waals surface area contributed by atoms with Crippen LogP contribution in [-0.4, -0.2) is 28.7 Å². The fourth-order valence-electron chi connectivity index (χ4n) is 0.735. The van der Waals surface area contributed by atoms with E-state index in [1.165, 1.54) is 6.20 Å². The fraction of sp³-hybridized carbons (Fsp3) is 0.286. The molecule has 1 amide bonds. The minimum absolute atomic E-state index is 0.204. The van der Waals surface area contributed by atoms with Crippen LogP contribution >= 0.6 is 0 Å². The van der Waals surface area contributed by atoms with Crippen molar-refractivity contribution >= 4 is 11.9 Å². The first kappa shape index (κ1) is 10.2. The van der Waals surface area contributed by atoms with Crippen molar-refractivity contribution in [2.45, 2.75) is 6.92 Å². The van der Waals surface area contributed by atoms with Crippen LogP contribution in [0.3, 0.4) is 0 Å². The smallest absolute Gasteiger partial charge is 0.332 e. The van der Waals surface area contributed by atoms with E-state index in [1.54, 1.807) is 6.92 Å². The first-order chi connectivity index (χ1) is 6.61. The summed E-state index contributed by atoms with van der Waals surface area (Å²) in [5.74, 6) is -1.43. The van der Waals surface area contributed by atoms with Crippen molar-refractivity contribution in [2.24, 2.45) is 0 Å². The van der Waals surface area contributed by atoms with Crippen molar-refractivity contribution in [3.05, 3.63) is 17.5 Å². The molecule has 7 nitrogen and oxygen atoms in total. The van der Waals surface area contributed by atoms with Gasteiger partial charge in [0.1, 0.15) is 11.3 Å². The zero-order valence-electron chi connectivity index (χ0n) is 7.31. The maximum Gasteiger partial charge on any atom is 0.332 e. The Balaban J connectivity index is 2.44. The van der Waals surface area contributed by atoms with Gasteiger partial charge < -0.3 is 9.63 Å². The summed E-state index contributed by atoms with van der Waals surface area (Å²) >= 11 is 0. The predicted molar refractivity (Wildman–Crippen MR) is 42.3 cm³/mol. The standard InChI is InChI=1S/C7H8N2O5/c1-4-5(2-8-14-4)7(12)9-13-3-6(10)11/h2H,3H2,1H3,(H,9,12)(H,10,11). The molecule has 1 rings (SSSR count). The summed E-state index contributed by atoms with van der Waals surface area (Å²) in [5.41, 5.74) is 2.14. The number of rotatable bonds is 4. The van der Waals surface area contributed by atoms with E-state index < -0.39 is 18.5 Å². The lowest BCUT2D eigenvalue weighted by Gasteiger charge is -2.00. The molecular weight excluding hydrogens is 192 g/mol. The molecule has 0 aromatic carbocycles. The van der Waals surface area contributed by atoms with Gasteiger partial charge in [-0.15, -0.1) is 0 Å². The quantitative estimate of drug-likeness (QED) is 0.648. The SMILES string of the molecule is Cc1oncc1C(=O)NOCC(=O)O. The number of aryl methyl sites for hydroxylation is 1. The number of hydrogen-bond donors (Lipinski definition) is 2. The van der Waals surface area contributed by atoms with Crippen LogP contribution in [0.1, 0.15) is 16.1 Å². The number of aromatic nitrogens is 1. The first-order valence-electron chi connectivity index (χ1n) is 3.66. The molecule has 1 aromatic rings. The van der Waals surface area contributed by atoms with Gasteiger partial charge in [0.2, 0.25) is 0 Å². The molecule has 0 spiro atoms. The Labute approximate surface area is 78.6 Å². The molecular formula is C7H8N2O5. The Hall–Kier alpha value is -1.89. The summed E-state index contributed by atoms with van der Waals surface area (Å²) in [5, 5.41) is 11.6. The largest absolute Gasteiger partial charge is 0.479 e. The fourth-order valence-corrected chi connectivity index (χ4v) is 0.735. The highest BCUT2D eigenvalue weighted by Gasteiger charge is 2.12. The lowest BCUT2D eigenvalue weighted by Crippen LogP contribution is -2.26. The average molecular weight is 200 g/mol. The molecule has 1 heterocycles. The molecule has 0 saturated carbocycles. The number of nitrogens with one attached hydrogen (secondary N) is 1. The number of carbonyl (C=O) groups excluding carboxylic acids is 1. The van der Waals surface area contributed by atoms with Crippen LogP contribution in [-0.2, 0) is 9.63 Å². The molecule has 14 heavy (non-hydrogen) atoms. The average Bonchev–Trinajstić information content (AvgIpc) is 2.50. The third-order valence-corrected chi connectivity index (χ3v) is 1.36. The molecule has 0 atom stereocenters. The van der Waals surface area contributed by atoms with Crippen LogP contribution in [0.5, 0.6) is 0 Å². The number of nitrogens with zero attached hydrogens (tertiary/aromatic N) is 1. The lowest BCUT2D eigenvalue weighted by molar-refractivity contribution is -0.144. The van der Waals surface area contributed by atoms with Crippen molar-refractivity contribution in [3.63, 3.8) is 0 Å². The third kappa shape index (κ3) is 2.56. The zero-order chi connectivity index (χ0) is 10.6. The van der Waals surface area contributed by atoms with Gasteiger partial charge in [0, 0.05) is 0 Å². The van der Waals surface area contributed by atoms with E-state index in [0.717, 1.165) is 0 Å². The van der Waals surface area contributed by atoms with E-state index in [2.05, 4.69) is 14.5 Å². The molecule has 0 unspecified atom stereocenters. The summed E-state index contributed by atoms with van der Waals surface area (Å²) < 4.78 is 4.63. The number of carbonyl (C=O) groups is 2. The molecule has 7 heteroatoms. The molecule has 2 N–H and O–H groups in total. The van der Waals surface area contributed by atoms with Crippen LogP contribution in [0.2, 0.25) is 0 Å². The van der Waals surface area contributed by atoms with Crippen LogP contribution in [0.4, 0.5) is 0 Å². The highest BCUT2D eigenvalue weighted by Crippen LogP contribution is 2.04. The van der Waals surface area contributed by atoms with Crippen LogP contribution in [0, 0.1) is 6.92 Å². The second kappa shape index (κ2) is 4.38. The highest BCUT2D eigenvalue weighted by atomic mass is 16.7. The van der Waals surface area contributed by atoms with Crippen molar-refractivity contribution in [1.82, 2.24) is 10.6 Å². The highest BCUT2D eigenvalue weighted by molar-refractivity contribution is 5.94. The minimum atomic E-state index is -1.17. The lowest BCUT2D eigenvalue weighted by atomic mass is 10.3. The first-order valence-corrected chi connectivity index (χ1v) is 3.66. The molecule has 0 bridgehead atoms. The maximum atomic E-state index is 11.2. The van der Waals surface area contributed by atoms with Gasteiger partial charge in [-0.25, -0.2) is 10.3 Å². The molecule has 0 aliphatic carbocycles. The molecule has 0 radical (unpaired) electrons. The molecule has 0 aliphatic heterocycles. The summed E-state index contributed by atoms with van der Waals surface area (Å²) in [7, 11) is 0. The number of amides is 1. The Morgan fingerprint density at radius 2 is 2.43 bits per heavy atom. The van der Waals surface area contributed by atoms with E-state index >= 15 is 0 Å². The van der Waals surface area contributed by atoms with E-state index in [-0.39, 0.29) is 5.56 Å². The Kier molecular flexibility index (Phi) is 3.19. The Morgan fingerprint density at radius 3 is 2.93 bits per heavy atom. The Bertz CT molecular complexity index is 346. The summed E-state index contributed by atoms with van der Waals surface area (Å²) in [4.78, 5) is 25.6. The second-order valence-electron chi connectivity index (χ2n) is 2.41. The van der Waals surface area contributed by atoms with E-state index in [9.17, 15) is 9.59 Å². The molecule has 0 saturated heterocycles. The topological polar surface area (TPSA) is 102 Å². The van der Waals surface area contributed by atoms with Crippen molar-refractivity contribution in [1.29, 1.82) is 0 Å². The third-order valence-electron chi connectivity index (χ3n) is 1.36. The van der Waals surface area contributed by atoms with Gasteiger partial charge in [0.15, 0.2) is 6.61 Å². The number of hydrogen-bond acceptors (Lipinski definition) is 5. The van der Waals surface area contributed by atoms with E-state index in [4.69, 9.17) is 5.11 Å². The minimum Gasteiger partial charge on any atom is -0.479 e.